The molecule has 0 radical (unpaired) electrons. The summed E-state index contributed by atoms with van der Waals surface area (Å²) >= 11 is 0. The third kappa shape index (κ3) is 2.28. The molecule has 0 amide bonds. The van der Waals surface area contributed by atoms with Crippen LogP contribution in [0, 0.1) is 39.9 Å². The van der Waals surface area contributed by atoms with E-state index in [2.05, 4.69) is 11.8 Å². The summed E-state index contributed by atoms with van der Waals surface area (Å²) in [5.41, 5.74) is -1.35. The zero-order valence-corrected chi connectivity index (χ0v) is 18.0. The second-order valence-electron chi connectivity index (χ2n) is 11.0. The lowest BCUT2D eigenvalue weighted by Gasteiger charge is -2.60. The number of allylic oxidation sites excluding steroid dienone is 4. The Morgan fingerprint density at radius 1 is 1.33 bits per heavy atom. The van der Waals surface area contributed by atoms with Gasteiger partial charge in [-0.05, 0) is 67.2 Å². The van der Waals surface area contributed by atoms with E-state index in [0.717, 1.165) is 13.0 Å². The number of rotatable bonds is 2. The van der Waals surface area contributed by atoms with E-state index in [1.165, 1.54) is 12.2 Å². The van der Waals surface area contributed by atoms with Crippen LogP contribution < -0.4 is 0 Å². The van der Waals surface area contributed by atoms with Crippen LogP contribution in [0.3, 0.4) is 0 Å². The number of carbonyl (C=O) groups excluding carboxylic acids is 2. The first kappa shape index (κ1) is 20.5. The highest BCUT2D eigenvalue weighted by Crippen LogP contribution is 2.72. The van der Waals surface area contributed by atoms with Crippen LogP contribution in [0.15, 0.2) is 23.8 Å². The fourth-order valence-corrected chi connectivity index (χ4v) is 8.79. The van der Waals surface area contributed by atoms with Crippen molar-refractivity contribution in [2.24, 2.45) is 39.9 Å². The standard InChI is InChI=1S/C24H32FNO4/c1-22-5-4-14(28)7-17(22)18(25)8-15-16-6-13-10-26(3)12-24(13,20(30)11-27)23(16,2)9-19(29)21(15)22/h4-5,7,13,15-16,18-19,21,27,29H,6,8-12H2,1-3H3. The van der Waals surface area contributed by atoms with E-state index in [9.17, 15) is 19.8 Å². The highest BCUT2D eigenvalue weighted by molar-refractivity contribution is 6.01. The molecule has 0 aromatic rings. The predicted molar refractivity (Wildman–Crippen MR) is 109 cm³/mol. The summed E-state index contributed by atoms with van der Waals surface area (Å²) in [6, 6.07) is 0. The Labute approximate surface area is 177 Å². The van der Waals surface area contributed by atoms with Crippen molar-refractivity contribution in [1.82, 2.24) is 4.90 Å². The summed E-state index contributed by atoms with van der Waals surface area (Å²) in [5.74, 6) is -0.319. The molecule has 0 aromatic heterocycles. The van der Waals surface area contributed by atoms with E-state index in [4.69, 9.17) is 0 Å². The van der Waals surface area contributed by atoms with E-state index in [1.807, 2.05) is 14.0 Å². The summed E-state index contributed by atoms with van der Waals surface area (Å²) in [6.45, 7) is 4.95. The van der Waals surface area contributed by atoms with Gasteiger partial charge in [-0.2, -0.15) is 0 Å². The van der Waals surface area contributed by atoms with Crippen LogP contribution in [-0.4, -0.2) is 65.7 Å². The minimum Gasteiger partial charge on any atom is -0.393 e. The molecule has 164 valence electrons. The van der Waals surface area contributed by atoms with Gasteiger partial charge in [0.25, 0.3) is 0 Å². The van der Waals surface area contributed by atoms with Gasteiger partial charge in [-0.15, -0.1) is 0 Å². The number of fused-ring (bicyclic) bond motifs is 7. The Hall–Kier alpha value is -1.37. The van der Waals surface area contributed by atoms with E-state index in [-0.39, 0.29) is 41.7 Å². The second kappa shape index (κ2) is 6.33. The molecule has 0 bridgehead atoms. The molecule has 0 aromatic carbocycles. The SMILES string of the molecule is CN1CC2CC3C4CC(F)C5=CC(=O)C=CC5(C)C4C(O)CC3(C)C2(C(=O)CO)C1. The Morgan fingerprint density at radius 3 is 2.77 bits per heavy atom. The summed E-state index contributed by atoms with van der Waals surface area (Å²) < 4.78 is 15.4. The third-order valence-corrected chi connectivity index (χ3v) is 9.81. The van der Waals surface area contributed by atoms with Crippen molar-refractivity contribution in [3.05, 3.63) is 23.8 Å². The Bertz CT molecular complexity index is 869. The van der Waals surface area contributed by atoms with Gasteiger partial charge in [0.15, 0.2) is 11.6 Å². The van der Waals surface area contributed by atoms with Crippen molar-refractivity contribution in [1.29, 1.82) is 0 Å². The minimum absolute atomic E-state index is 0.0620. The van der Waals surface area contributed by atoms with Crippen LogP contribution in [0.25, 0.3) is 0 Å². The van der Waals surface area contributed by atoms with Gasteiger partial charge in [0.2, 0.25) is 0 Å². The van der Waals surface area contributed by atoms with Gasteiger partial charge in [-0.1, -0.05) is 19.9 Å². The molecule has 6 heteroatoms. The number of carbonyl (C=O) groups is 2. The van der Waals surface area contributed by atoms with Gasteiger partial charge < -0.3 is 15.1 Å². The average Bonchev–Trinajstić information content (AvgIpc) is 3.13. The number of halogens is 1. The lowest BCUT2D eigenvalue weighted by atomic mass is 9.44. The number of Topliss-reactive ketones (excluding diaryl/α,β-unsaturated/α-hetero) is 1. The number of ketones is 2. The maximum Gasteiger partial charge on any atom is 0.178 e. The van der Waals surface area contributed by atoms with Crippen molar-refractivity contribution in [3.8, 4) is 0 Å². The van der Waals surface area contributed by atoms with E-state index in [0.29, 0.717) is 18.5 Å². The lowest BCUT2D eigenvalue weighted by Crippen LogP contribution is -2.61. The fourth-order valence-electron chi connectivity index (χ4n) is 8.79. The molecule has 30 heavy (non-hydrogen) atoms. The normalized spacial score (nSPS) is 52.3. The van der Waals surface area contributed by atoms with Crippen LogP contribution in [-0.2, 0) is 9.59 Å². The molecule has 1 saturated heterocycles. The van der Waals surface area contributed by atoms with E-state index >= 15 is 4.39 Å². The zero-order chi connectivity index (χ0) is 21.6. The molecule has 5 nitrogen and oxygen atoms in total. The molecule has 3 saturated carbocycles. The van der Waals surface area contributed by atoms with Crippen molar-refractivity contribution in [2.45, 2.75) is 45.4 Å². The summed E-state index contributed by atoms with van der Waals surface area (Å²) in [5, 5.41) is 21.3. The van der Waals surface area contributed by atoms with Crippen LogP contribution in [0.4, 0.5) is 4.39 Å². The maximum absolute atomic E-state index is 15.4. The number of aliphatic hydroxyl groups excluding tert-OH is 2. The molecule has 4 aliphatic carbocycles. The molecule has 4 fully saturated rings. The van der Waals surface area contributed by atoms with Crippen LogP contribution in [0.1, 0.15) is 33.1 Å². The molecular weight excluding hydrogens is 385 g/mol. The minimum atomic E-state index is -1.22. The first-order chi connectivity index (χ1) is 14.1. The monoisotopic (exact) mass is 417 g/mol. The predicted octanol–water partition coefficient (Wildman–Crippen LogP) is 1.93. The topological polar surface area (TPSA) is 77.8 Å². The molecule has 1 heterocycles. The largest absolute Gasteiger partial charge is 0.393 e. The second-order valence-corrected chi connectivity index (χ2v) is 11.0. The van der Waals surface area contributed by atoms with E-state index in [1.54, 1.807) is 6.08 Å². The van der Waals surface area contributed by atoms with Gasteiger partial charge in [0.1, 0.15) is 12.8 Å². The van der Waals surface area contributed by atoms with E-state index < -0.39 is 35.1 Å². The summed E-state index contributed by atoms with van der Waals surface area (Å²) in [7, 11) is 2.01. The van der Waals surface area contributed by atoms with Crippen molar-refractivity contribution in [2.75, 3.05) is 26.7 Å². The van der Waals surface area contributed by atoms with Crippen molar-refractivity contribution < 1.29 is 24.2 Å². The first-order valence-electron chi connectivity index (χ1n) is 11.2. The lowest BCUT2D eigenvalue weighted by molar-refractivity contribution is -0.161. The third-order valence-electron chi connectivity index (χ3n) is 9.81. The van der Waals surface area contributed by atoms with Crippen molar-refractivity contribution >= 4 is 11.6 Å². The highest BCUT2D eigenvalue weighted by Gasteiger charge is 2.73. The van der Waals surface area contributed by atoms with Gasteiger partial charge in [0.05, 0.1) is 11.5 Å². The Kier molecular flexibility index (Phi) is 4.33. The smallest absolute Gasteiger partial charge is 0.178 e. The Morgan fingerprint density at radius 2 is 2.07 bits per heavy atom. The Balaban J connectivity index is 1.61. The fraction of sp³-hybridized carbons (Fsp3) is 0.750. The van der Waals surface area contributed by atoms with Crippen LogP contribution in [0.2, 0.25) is 0 Å². The number of nitrogens with zero attached hydrogens (tertiary/aromatic N) is 1. The molecule has 1 aliphatic heterocycles. The zero-order valence-electron chi connectivity index (χ0n) is 18.0. The van der Waals surface area contributed by atoms with Gasteiger partial charge in [-0.25, -0.2) is 4.39 Å². The van der Waals surface area contributed by atoms with Crippen LogP contribution >= 0.6 is 0 Å². The molecular formula is C24H32FNO4. The number of hydrogen-bond acceptors (Lipinski definition) is 5. The molecule has 0 spiro atoms. The molecule has 2 N–H and O–H groups in total. The van der Waals surface area contributed by atoms with Gasteiger partial charge >= 0.3 is 0 Å². The number of likely N-dealkylation sites (tertiary alicyclic amines) is 1. The van der Waals surface area contributed by atoms with Crippen LogP contribution in [0.5, 0.6) is 0 Å². The molecule has 9 atom stereocenters. The van der Waals surface area contributed by atoms with Gasteiger partial charge in [-0.3, -0.25) is 9.59 Å². The average molecular weight is 418 g/mol. The highest BCUT2D eigenvalue weighted by atomic mass is 19.1. The first-order valence-corrected chi connectivity index (χ1v) is 11.2. The number of alkyl halides is 1. The number of hydrogen-bond donors (Lipinski definition) is 2. The summed E-state index contributed by atoms with van der Waals surface area (Å²) in [4.78, 5) is 27.3. The summed E-state index contributed by atoms with van der Waals surface area (Å²) in [6.07, 6.45) is 4.41. The maximum atomic E-state index is 15.4. The molecule has 5 aliphatic rings. The van der Waals surface area contributed by atoms with Crippen molar-refractivity contribution in [3.63, 3.8) is 0 Å². The molecule has 5 rings (SSSR count). The number of aliphatic hydroxyl groups is 2. The molecule has 9 unspecified atom stereocenters. The quantitative estimate of drug-likeness (QED) is 0.718. The van der Waals surface area contributed by atoms with Gasteiger partial charge in [0, 0.05) is 24.4 Å².